The minimum atomic E-state index is -3.60. The van der Waals surface area contributed by atoms with Crippen molar-refractivity contribution in [1.82, 2.24) is 24.2 Å². The molecule has 33 heavy (non-hydrogen) atoms. The van der Waals surface area contributed by atoms with Crippen molar-refractivity contribution in [3.63, 3.8) is 0 Å². The van der Waals surface area contributed by atoms with Crippen LogP contribution in [-0.4, -0.2) is 51.7 Å². The molecule has 170 valence electrons. The quantitative estimate of drug-likeness (QED) is 0.464. The van der Waals surface area contributed by atoms with Gasteiger partial charge in [-0.2, -0.15) is 0 Å². The first-order valence-corrected chi connectivity index (χ1v) is 11.9. The van der Waals surface area contributed by atoms with E-state index in [9.17, 15) is 18.3 Å². The highest BCUT2D eigenvalue weighted by Gasteiger charge is 2.20. The molecule has 0 bridgehead atoms. The summed E-state index contributed by atoms with van der Waals surface area (Å²) < 4.78 is 25.8. The third kappa shape index (κ3) is 4.35. The van der Waals surface area contributed by atoms with Gasteiger partial charge < -0.3 is 10.4 Å². The molecule has 3 aromatic heterocycles. The molecule has 10 heteroatoms. The lowest BCUT2D eigenvalue weighted by Gasteiger charge is -2.18. The number of fused-ring (bicyclic) bond motifs is 1. The summed E-state index contributed by atoms with van der Waals surface area (Å²) in [6.07, 6.45) is 7.34. The number of hydrogen-bond donors (Lipinski definition) is 2. The van der Waals surface area contributed by atoms with Gasteiger partial charge >= 0.3 is 0 Å². The summed E-state index contributed by atoms with van der Waals surface area (Å²) in [5, 5.41) is 13.4. The molecule has 1 amide bonds. The Bertz CT molecular complexity index is 1470. The van der Waals surface area contributed by atoms with E-state index < -0.39 is 15.6 Å². The molecule has 0 aliphatic carbocycles. The number of amides is 1. The van der Waals surface area contributed by atoms with Crippen molar-refractivity contribution in [3.8, 4) is 22.6 Å². The predicted octanol–water partition coefficient (Wildman–Crippen LogP) is 2.55. The number of pyridine rings is 1. The second-order valence-corrected chi connectivity index (χ2v) is 10.1. The summed E-state index contributed by atoms with van der Waals surface area (Å²) in [7, 11) is -2.07. The standard InChI is InChI=1S/C23H23N5O4S/c1-23(2,30)16-7-8-25-19(10-16)15-11-26-21(27-12-15)18-13-28(33(4,31)32)20-6-5-14(9-17(18)20)22(29)24-3/h5-13,30H,1-4H3,(H,24,29). The average molecular weight is 466 g/mol. The van der Waals surface area contributed by atoms with Gasteiger partial charge in [-0.05, 0) is 49.7 Å². The molecule has 0 saturated heterocycles. The van der Waals surface area contributed by atoms with Crippen molar-refractivity contribution in [1.29, 1.82) is 0 Å². The van der Waals surface area contributed by atoms with Gasteiger partial charge in [0, 0.05) is 53.9 Å². The average Bonchev–Trinajstić information content (AvgIpc) is 3.17. The van der Waals surface area contributed by atoms with Crippen LogP contribution in [0.5, 0.6) is 0 Å². The first-order valence-electron chi connectivity index (χ1n) is 10.1. The zero-order valence-corrected chi connectivity index (χ0v) is 19.4. The highest BCUT2D eigenvalue weighted by Crippen LogP contribution is 2.31. The molecule has 0 spiro atoms. The maximum absolute atomic E-state index is 12.3. The van der Waals surface area contributed by atoms with Crippen molar-refractivity contribution in [2.45, 2.75) is 19.4 Å². The van der Waals surface area contributed by atoms with Gasteiger partial charge in [-0.1, -0.05) is 0 Å². The second-order valence-electron chi connectivity index (χ2n) is 8.20. The van der Waals surface area contributed by atoms with Crippen LogP contribution in [0.25, 0.3) is 33.5 Å². The summed E-state index contributed by atoms with van der Waals surface area (Å²) in [4.78, 5) is 25.3. The summed E-state index contributed by atoms with van der Waals surface area (Å²) in [5.41, 5.74) is 2.22. The van der Waals surface area contributed by atoms with Gasteiger partial charge in [-0.25, -0.2) is 22.4 Å². The van der Waals surface area contributed by atoms with Crippen molar-refractivity contribution < 1.29 is 18.3 Å². The zero-order chi connectivity index (χ0) is 24.0. The molecular formula is C23H23N5O4S. The van der Waals surface area contributed by atoms with E-state index in [0.29, 0.717) is 44.7 Å². The SMILES string of the molecule is CNC(=O)c1ccc2c(c1)c(-c1ncc(-c3cc(C(C)(C)O)ccn3)cn1)cn2S(C)(=O)=O. The summed E-state index contributed by atoms with van der Waals surface area (Å²) in [6, 6.07) is 8.28. The van der Waals surface area contributed by atoms with Gasteiger partial charge in [0.15, 0.2) is 5.82 Å². The molecule has 4 rings (SSSR count). The number of rotatable bonds is 5. The van der Waals surface area contributed by atoms with Gasteiger partial charge in [0.25, 0.3) is 5.91 Å². The minimum absolute atomic E-state index is 0.288. The molecule has 0 unspecified atom stereocenters. The lowest BCUT2D eigenvalue weighted by atomic mass is 9.98. The Kier molecular flexibility index (Phi) is 5.51. The number of nitrogens with zero attached hydrogens (tertiary/aromatic N) is 4. The van der Waals surface area contributed by atoms with Crippen molar-refractivity contribution in [2.24, 2.45) is 0 Å². The minimum Gasteiger partial charge on any atom is -0.386 e. The van der Waals surface area contributed by atoms with Crippen molar-refractivity contribution in [2.75, 3.05) is 13.3 Å². The van der Waals surface area contributed by atoms with E-state index in [4.69, 9.17) is 0 Å². The topological polar surface area (TPSA) is 127 Å². The van der Waals surface area contributed by atoms with Crippen LogP contribution in [0.3, 0.4) is 0 Å². The molecule has 9 nitrogen and oxygen atoms in total. The Labute approximate surface area is 191 Å². The van der Waals surface area contributed by atoms with Gasteiger partial charge in [-0.3, -0.25) is 9.78 Å². The van der Waals surface area contributed by atoms with Crippen molar-refractivity contribution in [3.05, 3.63) is 66.2 Å². The van der Waals surface area contributed by atoms with Crippen LogP contribution < -0.4 is 5.32 Å². The van der Waals surface area contributed by atoms with E-state index >= 15 is 0 Å². The molecule has 3 heterocycles. The third-order valence-corrected chi connectivity index (χ3v) is 6.29. The van der Waals surface area contributed by atoms with E-state index in [0.717, 1.165) is 10.2 Å². The van der Waals surface area contributed by atoms with Gasteiger partial charge in [-0.15, -0.1) is 0 Å². The summed E-state index contributed by atoms with van der Waals surface area (Å²) in [6.45, 7) is 3.38. The number of carbonyl (C=O) groups excluding carboxylic acids is 1. The van der Waals surface area contributed by atoms with Crippen LogP contribution in [0.15, 0.2) is 55.1 Å². The molecule has 0 atom stereocenters. The van der Waals surface area contributed by atoms with E-state index in [1.54, 1.807) is 62.8 Å². The fourth-order valence-corrected chi connectivity index (χ4v) is 4.32. The maximum atomic E-state index is 12.3. The van der Waals surface area contributed by atoms with Crippen LogP contribution in [0.1, 0.15) is 29.8 Å². The first kappa shape index (κ1) is 22.6. The number of hydrogen-bond acceptors (Lipinski definition) is 7. The van der Waals surface area contributed by atoms with Crippen molar-refractivity contribution >= 4 is 26.8 Å². The monoisotopic (exact) mass is 465 g/mol. The van der Waals surface area contributed by atoms with Crippen LogP contribution >= 0.6 is 0 Å². The molecule has 0 fully saturated rings. The third-order valence-electron chi connectivity index (χ3n) is 5.27. The number of nitrogens with one attached hydrogen (secondary N) is 1. The van der Waals surface area contributed by atoms with E-state index in [-0.39, 0.29) is 5.91 Å². The highest BCUT2D eigenvalue weighted by molar-refractivity contribution is 7.89. The molecule has 0 saturated carbocycles. The Morgan fingerprint density at radius 2 is 1.79 bits per heavy atom. The molecule has 4 aromatic rings. The second kappa shape index (κ2) is 8.05. The van der Waals surface area contributed by atoms with Crippen LogP contribution in [-0.2, 0) is 15.6 Å². The van der Waals surface area contributed by atoms with Gasteiger partial charge in [0.2, 0.25) is 10.0 Å². The fourth-order valence-electron chi connectivity index (χ4n) is 3.51. The number of aromatic nitrogens is 4. The van der Waals surface area contributed by atoms with E-state index in [1.807, 2.05) is 0 Å². The Hall–Kier alpha value is -3.63. The largest absolute Gasteiger partial charge is 0.386 e. The first-order chi connectivity index (χ1) is 15.5. The Balaban J connectivity index is 1.83. The zero-order valence-electron chi connectivity index (χ0n) is 18.6. The Morgan fingerprint density at radius 1 is 1.09 bits per heavy atom. The fraction of sp³-hybridized carbons (Fsp3) is 0.217. The lowest BCUT2D eigenvalue weighted by Crippen LogP contribution is -2.17. The molecule has 0 radical (unpaired) electrons. The summed E-state index contributed by atoms with van der Waals surface area (Å²) in [5.74, 6) is 0.0165. The molecule has 2 N–H and O–H groups in total. The van der Waals surface area contributed by atoms with Crippen LogP contribution in [0.2, 0.25) is 0 Å². The maximum Gasteiger partial charge on any atom is 0.251 e. The highest BCUT2D eigenvalue weighted by atomic mass is 32.2. The van der Waals surface area contributed by atoms with E-state index in [1.165, 1.54) is 13.2 Å². The predicted molar refractivity (Wildman–Crippen MR) is 125 cm³/mol. The van der Waals surface area contributed by atoms with Gasteiger partial charge in [0.1, 0.15) is 0 Å². The van der Waals surface area contributed by atoms with E-state index in [2.05, 4.69) is 20.3 Å². The van der Waals surface area contributed by atoms with Gasteiger partial charge in [0.05, 0.1) is 23.1 Å². The Morgan fingerprint density at radius 3 is 2.39 bits per heavy atom. The van der Waals surface area contributed by atoms with Crippen LogP contribution in [0.4, 0.5) is 0 Å². The number of aliphatic hydroxyl groups is 1. The summed E-state index contributed by atoms with van der Waals surface area (Å²) >= 11 is 0. The molecule has 0 aliphatic heterocycles. The number of benzene rings is 1. The molecular weight excluding hydrogens is 442 g/mol. The normalized spacial score (nSPS) is 12.2. The lowest BCUT2D eigenvalue weighted by molar-refractivity contribution is 0.0785. The molecule has 0 aliphatic rings. The number of carbonyl (C=O) groups is 1. The molecule has 1 aromatic carbocycles. The smallest absolute Gasteiger partial charge is 0.251 e. The van der Waals surface area contributed by atoms with Crippen LogP contribution in [0, 0.1) is 0 Å².